The van der Waals surface area contributed by atoms with Gasteiger partial charge in [0.05, 0.1) is 71.7 Å². The monoisotopic (exact) mass is 1650 g/mol. The van der Waals surface area contributed by atoms with Crippen LogP contribution >= 0.6 is 11.3 Å². The fourth-order valence-electron chi connectivity index (χ4n) is 20.0. The predicted molar refractivity (Wildman–Crippen MR) is 531 cm³/mol. The van der Waals surface area contributed by atoms with E-state index in [0.29, 0.717) is 28.4 Å². The van der Waals surface area contributed by atoms with Gasteiger partial charge in [0.15, 0.2) is 17.2 Å². The summed E-state index contributed by atoms with van der Waals surface area (Å²) in [6.07, 6.45) is 0. The lowest BCUT2D eigenvalue weighted by molar-refractivity contribution is 0.667. The van der Waals surface area contributed by atoms with Crippen LogP contribution in [0.5, 0.6) is 0 Å². The minimum atomic E-state index is 0.606. The number of aromatic nitrogens is 8. The number of hydrogen-bond donors (Lipinski definition) is 0. The van der Waals surface area contributed by atoms with Gasteiger partial charge >= 0.3 is 0 Å². The Balaban J connectivity index is 0.000000136. The minimum absolute atomic E-state index is 0.606. The smallest absolute Gasteiger partial charge is 0.180 e. The molecule has 0 saturated carbocycles. The average molecular weight is 1650 g/mol. The molecule has 8 heterocycles. The molecule has 0 unspecified atom stereocenters. The van der Waals surface area contributed by atoms with Crippen LogP contribution in [0.25, 0.3) is 252 Å². The number of hydrogen-bond acceptors (Lipinski definition) is 7. The number of benzene rings is 19. The molecule has 0 amide bonds. The zero-order valence-corrected chi connectivity index (χ0v) is 69.5. The molecule has 0 N–H and O–H groups in total. The van der Waals surface area contributed by atoms with E-state index in [2.05, 4.69) is 407 Å². The Bertz CT molecular complexity index is 9350. The van der Waals surface area contributed by atoms with E-state index in [1.165, 1.54) is 80.7 Å². The minimum Gasteiger partial charge on any atom is -0.452 e. The molecule has 128 heavy (non-hydrogen) atoms. The van der Waals surface area contributed by atoms with Gasteiger partial charge in [-0.2, -0.15) is 5.26 Å². The van der Waals surface area contributed by atoms with E-state index in [1.54, 1.807) is 11.3 Å². The Morgan fingerprint density at radius 2 is 0.695 bits per heavy atom. The fraction of sp³-hybridized carbons (Fsp3) is 0. The summed E-state index contributed by atoms with van der Waals surface area (Å²) < 4.78 is 18.6. The molecule has 0 bridgehead atoms. The lowest BCUT2D eigenvalue weighted by Gasteiger charge is -2.13. The Morgan fingerprint density at radius 1 is 0.250 bits per heavy atom. The van der Waals surface area contributed by atoms with Crippen LogP contribution in [0.4, 0.5) is 0 Å². The van der Waals surface area contributed by atoms with Crippen molar-refractivity contribution in [3.63, 3.8) is 0 Å². The second kappa shape index (κ2) is 29.0. The van der Waals surface area contributed by atoms with E-state index >= 15 is 0 Å². The fourth-order valence-corrected chi connectivity index (χ4v) is 21.1. The van der Waals surface area contributed by atoms with Crippen molar-refractivity contribution in [1.82, 2.24) is 38.2 Å². The normalized spacial score (nSPS) is 11.9. The molecular weight excluding hydrogens is 1580 g/mol. The van der Waals surface area contributed by atoms with Crippen LogP contribution in [0.15, 0.2) is 423 Å². The number of para-hydroxylation sites is 6. The van der Waals surface area contributed by atoms with Crippen molar-refractivity contribution < 1.29 is 4.42 Å². The second-order valence-corrected chi connectivity index (χ2v) is 34.1. The van der Waals surface area contributed by atoms with Crippen LogP contribution in [0, 0.1) is 11.3 Å². The number of rotatable bonds is 10. The van der Waals surface area contributed by atoms with Crippen molar-refractivity contribution in [1.29, 1.82) is 5.26 Å². The highest BCUT2D eigenvalue weighted by Crippen LogP contribution is 2.49. The van der Waals surface area contributed by atoms with Crippen LogP contribution in [0.1, 0.15) is 5.56 Å². The molecule has 0 fully saturated rings. The van der Waals surface area contributed by atoms with Gasteiger partial charge in [-0.05, 0) is 212 Å². The SMILES string of the molecule is N#Cc1cccc(-c2ccc3c(c2)oc2c(-c4cccc5c4c4ccccc4n5-c4ccccc4)nc(-c4ccc(-n5c6ccccc6c6cc7ccccc7cc65)cc4)nc23)c1.c1ccc(-c2ccc3sc4c(-c5cccc6c5c5ccccc5n6-c5ccccc5)nc(-c5cccc6ccc(-n7c8ccccc8c8cc9ccccc9cc87)cc56)nc4c3c2)cc1. The first-order chi connectivity index (χ1) is 63.4. The first-order valence-corrected chi connectivity index (χ1v) is 43.9. The van der Waals surface area contributed by atoms with E-state index in [1.807, 2.05) is 36.4 Å². The van der Waals surface area contributed by atoms with E-state index in [0.717, 1.165) is 149 Å². The molecule has 10 nitrogen and oxygen atoms in total. The first kappa shape index (κ1) is 72.5. The number of furan rings is 1. The molecule has 19 aromatic carbocycles. The topological polar surface area (TPSA) is 108 Å². The van der Waals surface area contributed by atoms with E-state index in [-0.39, 0.29) is 0 Å². The van der Waals surface area contributed by atoms with Gasteiger partial charge in [-0.25, -0.2) is 19.9 Å². The van der Waals surface area contributed by atoms with E-state index < -0.39 is 0 Å². The summed E-state index contributed by atoms with van der Waals surface area (Å²) in [6.45, 7) is 0. The molecule has 0 radical (unpaired) electrons. The van der Waals surface area contributed by atoms with Gasteiger partial charge in [0, 0.05) is 104 Å². The zero-order valence-electron chi connectivity index (χ0n) is 68.7. The Kier molecular flexibility index (Phi) is 16.4. The maximum absolute atomic E-state index is 9.64. The Labute approximate surface area is 736 Å². The lowest BCUT2D eigenvalue weighted by Crippen LogP contribution is -1.97. The Morgan fingerprint density at radius 3 is 1.32 bits per heavy atom. The van der Waals surface area contributed by atoms with Gasteiger partial charge in [0.25, 0.3) is 0 Å². The number of nitrogens with zero attached hydrogens (tertiary/aromatic N) is 9. The molecule has 0 aliphatic carbocycles. The van der Waals surface area contributed by atoms with E-state index in [9.17, 15) is 5.26 Å². The number of fused-ring (bicyclic) bond motifs is 21. The predicted octanol–water partition coefficient (Wildman–Crippen LogP) is 30.9. The highest BCUT2D eigenvalue weighted by Gasteiger charge is 2.28. The quantitative estimate of drug-likeness (QED) is 0.135. The standard InChI is InChI=1S/C60H36N4S.C57H33N5O/c1-3-15-37(16-4-1)41-30-32-55-50(34-41)58-59(65-55)57(47-25-14-28-53-56(47)46-23-10-12-27-52(46)63(53)42-20-5-2-6-21-42)61-60(62-58)45-24-13-19-38-29-31-43(36-48(38)45)64-51-26-11-9-22-44(51)49-33-39-17-7-8-18-40(39)35-54(49)64;58-34-35-12-10-15-37(30-35)40-26-29-45-52(33-40)63-56-54(45)59-57(60-55(56)46-20-11-23-50-53(46)44-19-7-9-22-49(44)61(50)41-16-2-1-3-17-41)36-24-27-42(28-25-36)62-48-21-8-6-18-43(48)47-31-38-13-4-5-14-39(38)32-51(47)62/h1-36H;1-33H. The molecule has 594 valence electrons. The third-order valence-corrected chi connectivity index (χ3v) is 27.0. The van der Waals surface area contributed by atoms with Crippen LogP contribution in [0.3, 0.4) is 0 Å². The molecule has 8 aromatic heterocycles. The average Bonchev–Trinajstić information content (AvgIpc) is 1.55. The van der Waals surface area contributed by atoms with Crippen molar-refractivity contribution >= 4 is 173 Å². The van der Waals surface area contributed by atoms with Gasteiger partial charge < -0.3 is 22.7 Å². The zero-order chi connectivity index (χ0) is 84.2. The first-order valence-electron chi connectivity index (χ1n) is 43.1. The van der Waals surface area contributed by atoms with Crippen molar-refractivity contribution in [3.8, 4) is 96.4 Å². The summed E-state index contributed by atoms with van der Waals surface area (Å²) in [4.78, 5) is 22.1. The van der Waals surface area contributed by atoms with Gasteiger partial charge in [-0.15, -0.1) is 11.3 Å². The van der Waals surface area contributed by atoms with Gasteiger partial charge in [-0.1, -0.05) is 261 Å². The molecular formula is C117H69N9OS. The lowest BCUT2D eigenvalue weighted by atomic mass is 10.0. The summed E-state index contributed by atoms with van der Waals surface area (Å²) in [6, 6.07) is 151. The van der Waals surface area contributed by atoms with Crippen molar-refractivity contribution in [2.45, 2.75) is 0 Å². The molecule has 0 spiro atoms. The largest absolute Gasteiger partial charge is 0.452 e. The maximum Gasteiger partial charge on any atom is 0.180 e. The Hall–Kier alpha value is -17.2. The third kappa shape index (κ3) is 11.5. The van der Waals surface area contributed by atoms with Gasteiger partial charge in [0.2, 0.25) is 0 Å². The molecule has 0 aliphatic heterocycles. The molecule has 27 rings (SSSR count). The van der Waals surface area contributed by atoms with E-state index in [4.69, 9.17) is 24.4 Å². The van der Waals surface area contributed by atoms with Crippen LogP contribution < -0.4 is 0 Å². The molecule has 11 heteroatoms. The summed E-state index contributed by atoms with van der Waals surface area (Å²) in [5.74, 6) is 1.31. The third-order valence-electron chi connectivity index (χ3n) is 25.8. The summed E-state index contributed by atoms with van der Waals surface area (Å²) >= 11 is 1.78. The van der Waals surface area contributed by atoms with Crippen LogP contribution in [-0.4, -0.2) is 38.2 Å². The highest BCUT2D eigenvalue weighted by atomic mass is 32.1. The van der Waals surface area contributed by atoms with Crippen molar-refractivity contribution in [2.24, 2.45) is 0 Å². The number of nitriles is 1. The van der Waals surface area contributed by atoms with Gasteiger partial charge in [-0.3, -0.25) is 0 Å². The highest BCUT2D eigenvalue weighted by molar-refractivity contribution is 7.26. The summed E-state index contributed by atoms with van der Waals surface area (Å²) in [7, 11) is 0. The summed E-state index contributed by atoms with van der Waals surface area (Å²) in [5.41, 5.74) is 27.0. The summed E-state index contributed by atoms with van der Waals surface area (Å²) in [5, 5.41) is 28.3. The molecule has 0 saturated heterocycles. The van der Waals surface area contributed by atoms with Crippen LogP contribution in [0.2, 0.25) is 0 Å². The van der Waals surface area contributed by atoms with Gasteiger partial charge in [0.1, 0.15) is 16.8 Å². The second-order valence-electron chi connectivity index (χ2n) is 33.0. The van der Waals surface area contributed by atoms with Crippen molar-refractivity contribution in [2.75, 3.05) is 0 Å². The molecule has 0 atom stereocenters. The molecule has 0 aliphatic rings. The number of thiophene rings is 1. The van der Waals surface area contributed by atoms with Crippen molar-refractivity contribution in [3.05, 3.63) is 424 Å². The molecule has 27 aromatic rings. The van der Waals surface area contributed by atoms with Crippen LogP contribution in [-0.2, 0) is 0 Å². The maximum atomic E-state index is 9.64.